The molecule has 0 heteroatoms. The Kier molecular flexibility index (Phi) is 6.81. The quantitative estimate of drug-likeness (QED) is 0.532. The molecule has 1 rings (SSSR count). The predicted octanol–water partition coefficient (Wildman–Crippen LogP) is 3.87. The highest BCUT2D eigenvalue weighted by molar-refractivity contribution is 5.33. The van der Waals surface area contributed by atoms with Gasteiger partial charge in [-0.05, 0) is 18.4 Å². The van der Waals surface area contributed by atoms with E-state index in [4.69, 9.17) is 0 Å². The molecule has 0 aliphatic heterocycles. The summed E-state index contributed by atoms with van der Waals surface area (Å²) in [7, 11) is 0. The Hall–Kier alpha value is -0.780. The van der Waals surface area contributed by atoms with Crippen molar-refractivity contribution in [2.24, 2.45) is 0 Å². The third kappa shape index (κ3) is 4.60. The van der Waals surface area contributed by atoms with Crippen molar-refractivity contribution >= 4 is 0 Å². The summed E-state index contributed by atoms with van der Waals surface area (Å²) in [6.07, 6.45) is 13.2. The zero-order valence-corrected chi connectivity index (χ0v) is 7.80. The lowest BCUT2D eigenvalue weighted by Gasteiger charge is -1.96. The van der Waals surface area contributed by atoms with Crippen LogP contribution in [0.4, 0.5) is 0 Å². The summed E-state index contributed by atoms with van der Waals surface area (Å²) in [6.45, 7) is 6.16. The molecule has 0 radical (unpaired) electrons. The maximum absolute atomic E-state index is 2.23. The monoisotopic (exact) mass is 150 g/mol. The normalized spacial score (nSPS) is 13.9. The van der Waals surface area contributed by atoms with Crippen molar-refractivity contribution in [3.8, 4) is 0 Å². The molecule has 1 aliphatic rings. The predicted molar refractivity (Wildman–Crippen MR) is 52.6 cm³/mol. The van der Waals surface area contributed by atoms with Crippen LogP contribution in [0.3, 0.4) is 0 Å². The maximum Gasteiger partial charge on any atom is -0.0163 e. The van der Waals surface area contributed by atoms with Crippen molar-refractivity contribution in [1.82, 2.24) is 0 Å². The van der Waals surface area contributed by atoms with E-state index in [1.54, 1.807) is 0 Å². The van der Waals surface area contributed by atoms with Crippen LogP contribution in [-0.2, 0) is 0 Å². The average Bonchev–Trinajstić information content (AvgIpc) is 2.11. The molecule has 0 bridgehead atoms. The first-order valence-electron chi connectivity index (χ1n) is 4.46. The van der Waals surface area contributed by atoms with Crippen molar-refractivity contribution in [2.45, 2.75) is 33.6 Å². The second kappa shape index (κ2) is 7.33. The van der Waals surface area contributed by atoms with Gasteiger partial charge < -0.3 is 0 Å². The van der Waals surface area contributed by atoms with Gasteiger partial charge in [0, 0.05) is 0 Å². The van der Waals surface area contributed by atoms with Crippen molar-refractivity contribution in [2.75, 3.05) is 0 Å². The fourth-order valence-electron chi connectivity index (χ4n) is 0.914. The molecule has 0 unspecified atom stereocenters. The second-order valence-electron chi connectivity index (χ2n) is 2.15. The molecule has 62 valence electrons. The van der Waals surface area contributed by atoms with E-state index in [1.807, 2.05) is 13.8 Å². The van der Waals surface area contributed by atoms with E-state index < -0.39 is 0 Å². The summed E-state index contributed by atoms with van der Waals surface area (Å²) in [4.78, 5) is 0. The molecule has 0 saturated heterocycles. The van der Waals surface area contributed by atoms with E-state index >= 15 is 0 Å². The first-order chi connectivity index (χ1) is 5.43. The Bertz CT molecular complexity index is 145. The minimum atomic E-state index is 1.10. The van der Waals surface area contributed by atoms with Gasteiger partial charge in [0.25, 0.3) is 0 Å². The summed E-state index contributed by atoms with van der Waals surface area (Å²) >= 11 is 0. The summed E-state index contributed by atoms with van der Waals surface area (Å²) in [5.41, 5.74) is 1.35. The van der Waals surface area contributed by atoms with Crippen molar-refractivity contribution in [1.29, 1.82) is 0 Å². The van der Waals surface area contributed by atoms with E-state index in [-0.39, 0.29) is 0 Å². The molecule has 0 aromatic rings. The fourth-order valence-corrected chi connectivity index (χ4v) is 0.914. The smallest absolute Gasteiger partial charge is 0.0163 e. The first kappa shape index (κ1) is 10.2. The molecule has 0 aromatic carbocycles. The highest BCUT2D eigenvalue weighted by Gasteiger charge is 1.87. The molecule has 0 N–H and O–H groups in total. The van der Waals surface area contributed by atoms with Gasteiger partial charge in [-0.3, -0.25) is 0 Å². The highest BCUT2D eigenvalue weighted by atomic mass is 13.9. The van der Waals surface area contributed by atoms with Crippen molar-refractivity contribution in [3.05, 3.63) is 36.0 Å². The molecule has 0 saturated carbocycles. The topological polar surface area (TPSA) is 0 Å². The Labute approximate surface area is 70.3 Å². The van der Waals surface area contributed by atoms with Crippen molar-refractivity contribution in [3.63, 3.8) is 0 Å². The lowest BCUT2D eigenvalue weighted by molar-refractivity contribution is 1.20. The minimum absolute atomic E-state index is 1.10. The standard InChI is InChI=1S/C9H12.C2H6/c1-2-6-9-7-4-3-5-8-9;1-2/h4-8H,2-3H2,1H3;1-2H3. The zero-order valence-electron chi connectivity index (χ0n) is 7.80. The van der Waals surface area contributed by atoms with E-state index in [9.17, 15) is 0 Å². The SMILES string of the molecule is CC.CCC=C1C=CCC=C1. The summed E-state index contributed by atoms with van der Waals surface area (Å²) in [6, 6.07) is 0. The Morgan fingerprint density at radius 2 is 1.82 bits per heavy atom. The number of hydrogen-bond acceptors (Lipinski definition) is 0. The second-order valence-corrected chi connectivity index (χ2v) is 2.15. The Morgan fingerprint density at radius 3 is 2.27 bits per heavy atom. The van der Waals surface area contributed by atoms with Crippen LogP contribution in [0.2, 0.25) is 0 Å². The highest BCUT2D eigenvalue weighted by Crippen LogP contribution is 2.07. The zero-order chi connectivity index (χ0) is 8.53. The lowest BCUT2D eigenvalue weighted by Crippen LogP contribution is -1.76. The molecule has 1 aliphatic carbocycles. The molecule has 0 aromatic heterocycles. The number of allylic oxidation sites excluding steroid dienone is 6. The van der Waals surface area contributed by atoms with Gasteiger partial charge in [0.2, 0.25) is 0 Å². The van der Waals surface area contributed by atoms with Crippen LogP contribution in [-0.4, -0.2) is 0 Å². The van der Waals surface area contributed by atoms with Gasteiger partial charge in [-0.2, -0.15) is 0 Å². The van der Waals surface area contributed by atoms with Crippen LogP contribution in [0.25, 0.3) is 0 Å². The van der Waals surface area contributed by atoms with E-state index in [2.05, 4.69) is 37.3 Å². The third-order valence-electron chi connectivity index (χ3n) is 1.33. The van der Waals surface area contributed by atoms with Gasteiger partial charge in [0.15, 0.2) is 0 Å². The third-order valence-corrected chi connectivity index (χ3v) is 1.33. The number of rotatable bonds is 1. The lowest BCUT2D eigenvalue weighted by atomic mass is 10.1. The molecule has 0 fully saturated rings. The van der Waals surface area contributed by atoms with Crippen LogP contribution in [0, 0.1) is 0 Å². The molecule has 11 heavy (non-hydrogen) atoms. The van der Waals surface area contributed by atoms with Gasteiger partial charge in [-0.15, -0.1) is 0 Å². The molecule has 0 heterocycles. The molecule has 0 spiro atoms. The van der Waals surface area contributed by atoms with E-state index in [0.717, 1.165) is 12.8 Å². The molecular formula is C11H18. The molecule has 0 amide bonds. The van der Waals surface area contributed by atoms with Crippen LogP contribution in [0.15, 0.2) is 36.0 Å². The van der Waals surface area contributed by atoms with Crippen LogP contribution in [0.5, 0.6) is 0 Å². The molecule has 0 atom stereocenters. The molecular weight excluding hydrogens is 132 g/mol. The van der Waals surface area contributed by atoms with Gasteiger partial charge in [0.1, 0.15) is 0 Å². The summed E-state index contributed by atoms with van der Waals surface area (Å²) in [5.74, 6) is 0. The van der Waals surface area contributed by atoms with Gasteiger partial charge >= 0.3 is 0 Å². The Morgan fingerprint density at radius 1 is 1.27 bits per heavy atom. The number of hydrogen-bond donors (Lipinski definition) is 0. The molecule has 0 nitrogen and oxygen atoms in total. The maximum atomic E-state index is 2.23. The minimum Gasteiger partial charge on any atom is -0.0802 e. The van der Waals surface area contributed by atoms with Gasteiger partial charge in [0.05, 0.1) is 0 Å². The first-order valence-corrected chi connectivity index (χ1v) is 4.46. The van der Waals surface area contributed by atoms with E-state index in [1.165, 1.54) is 5.57 Å². The van der Waals surface area contributed by atoms with Crippen LogP contribution < -0.4 is 0 Å². The van der Waals surface area contributed by atoms with Gasteiger partial charge in [-0.25, -0.2) is 0 Å². The van der Waals surface area contributed by atoms with Gasteiger partial charge in [-0.1, -0.05) is 51.2 Å². The van der Waals surface area contributed by atoms with Crippen molar-refractivity contribution < 1.29 is 0 Å². The van der Waals surface area contributed by atoms with Crippen LogP contribution >= 0.6 is 0 Å². The van der Waals surface area contributed by atoms with E-state index in [0.29, 0.717) is 0 Å². The van der Waals surface area contributed by atoms with Crippen LogP contribution in [0.1, 0.15) is 33.6 Å². The Balaban J connectivity index is 0.000000461. The fraction of sp³-hybridized carbons (Fsp3) is 0.455. The largest absolute Gasteiger partial charge is 0.0802 e. The summed E-state index contributed by atoms with van der Waals surface area (Å²) < 4.78 is 0. The average molecular weight is 150 g/mol. The summed E-state index contributed by atoms with van der Waals surface area (Å²) in [5, 5.41) is 0.